The van der Waals surface area contributed by atoms with Gasteiger partial charge in [-0.1, -0.05) is 21.1 Å². The van der Waals surface area contributed by atoms with E-state index < -0.39 is 15.9 Å². The van der Waals surface area contributed by atoms with Crippen molar-refractivity contribution in [3.63, 3.8) is 0 Å². The van der Waals surface area contributed by atoms with Crippen LogP contribution in [0.2, 0.25) is 0 Å². The Kier molecular flexibility index (Phi) is 5.79. The molecule has 0 bridgehead atoms. The smallest absolute Gasteiger partial charge is 0.239 e. The number of hydrogen-bond acceptors (Lipinski definition) is 5. The summed E-state index contributed by atoms with van der Waals surface area (Å²) in [5, 5.41) is 6.36. The van der Waals surface area contributed by atoms with Gasteiger partial charge in [0.15, 0.2) is 5.76 Å². The first-order valence-corrected chi connectivity index (χ1v) is 9.50. The summed E-state index contributed by atoms with van der Waals surface area (Å²) >= 11 is 3.35. The SMILES string of the molecule is Cc1cc(CS(=O)(=O)N(C)CC(=O)Nc2ccc(Br)cc2C)on1. The molecule has 0 aliphatic carbocycles. The number of sulfonamides is 1. The van der Waals surface area contributed by atoms with E-state index in [2.05, 4.69) is 26.4 Å². The first-order chi connectivity index (χ1) is 11.2. The van der Waals surface area contributed by atoms with Crippen LogP contribution in [-0.4, -0.2) is 37.4 Å². The highest BCUT2D eigenvalue weighted by Crippen LogP contribution is 2.20. The molecule has 0 saturated heterocycles. The monoisotopic (exact) mass is 415 g/mol. The largest absolute Gasteiger partial charge is 0.360 e. The number of hydrogen-bond donors (Lipinski definition) is 1. The Morgan fingerprint density at radius 3 is 2.62 bits per heavy atom. The first-order valence-electron chi connectivity index (χ1n) is 7.09. The zero-order valence-electron chi connectivity index (χ0n) is 13.5. The number of halogens is 1. The van der Waals surface area contributed by atoms with Crippen molar-refractivity contribution in [2.24, 2.45) is 0 Å². The van der Waals surface area contributed by atoms with E-state index in [1.54, 1.807) is 25.1 Å². The van der Waals surface area contributed by atoms with E-state index in [0.717, 1.165) is 14.3 Å². The Labute approximate surface area is 149 Å². The van der Waals surface area contributed by atoms with Crippen LogP contribution in [0.1, 0.15) is 17.0 Å². The van der Waals surface area contributed by atoms with Gasteiger partial charge in [-0.15, -0.1) is 0 Å². The highest BCUT2D eigenvalue weighted by atomic mass is 79.9. The second-order valence-corrected chi connectivity index (χ2v) is 8.45. The molecule has 1 amide bonds. The lowest BCUT2D eigenvalue weighted by molar-refractivity contribution is -0.116. The van der Waals surface area contributed by atoms with Gasteiger partial charge < -0.3 is 9.84 Å². The van der Waals surface area contributed by atoms with Crippen LogP contribution in [0.3, 0.4) is 0 Å². The molecule has 9 heteroatoms. The minimum atomic E-state index is -3.67. The zero-order valence-corrected chi connectivity index (χ0v) is 15.9. The van der Waals surface area contributed by atoms with Gasteiger partial charge in [-0.05, 0) is 37.6 Å². The molecule has 0 saturated carbocycles. The van der Waals surface area contributed by atoms with Gasteiger partial charge >= 0.3 is 0 Å². The van der Waals surface area contributed by atoms with Crippen molar-refractivity contribution in [3.05, 3.63) is 45.8 Å². The number of carbonyl (C=O) groups excluding carboxylic acids is 1. The number of nitrogens with one attached hydrogen (secondary N) is 1. The molecule has 0 aliphatic rings. The van der Waals surface area contributed by atoms with Crippen LogP contribution >= 0.6 is 15.9 Å². The molecule has 1 N–H and O–H groups in total. The topological polar surface area (TPSA) is 92.5 Å². The molecule has 0 radical (unpaired) electrons. The van der Waals surface area contributed by atoms with Crippen LogP contribution in [0.25, 0.3) is 0 Å². The summed E-state index contributed by atoms with van der Waals surface area (Å²) in [6.45, 7) is 3.27. The molecular formula is C15H18BrN3O4S. The summed E-state index contributed by atoms with van der Waals surface area (Å²) in [7, 11) is -2.32. The number of benzene rings is 1. The fraction of sp³-hybridized carbons (Fsp3) is 0.333. The molecule has 2 aromatic rings. The van der Waals surface area contributed by atoms with Crippen molar-refractivity contribution in [2.45, 2.75) is 19.6 Å². The van der Waals surface area contributed by atoms with E-state index in [1.165, 1.54) is 7.05 Å². The van der Waals surface area contributed by atoms with Crippen molar-refractivity contribution in [1.82, 2.24) is 9.46 Å². The van der Waals surface area contributed by atoms with E-state index in [9.17, 15) is 13.2 Å². The van der Waals surface area contributed by atoms with Crippen molar-refractivity contribution in [3.8, 4) is 0 Å². The maximum atomic E-state index is 12.3. The van der Waals surface area contributed by atoms with E-state index >= 15 is 0 Å². The highest BCUT2D eigenvalue weighted by molar-refractivity contribution is 9.10. The van der Waals surface area contributed by atoms with Gasteiger partial charge in [0.1, 0.15) is 5.75 Å². The van der Waals surface area contributed by atoms with Crippen LogP contribution in [-0.2, 0) is 20.6 Å². The van der Waals surface area contributed by atoms with E-state index in [-0.39, 0.29) is 18.1 Å². The third-order valence-electron chi connectivity index (χ3n) is 3.31. The Hall–Kier alpha value is -1.71. The van der Waals surface area contributed by atoms with Crippen LogP contribution in [0.5, 0.6) is 0 Å². The van der Waals surface area contributed by atoms with Crippen LogP contribution < -0.4 is 5.32 Å². The van der Waals surface area contributed by atoms with E-state index in [0.29, 0.717) is 11.4 Å². The summed E-state index contributed by atoms with van der Waals surface area (Å²) < 4.78 is 31.3. The maximum absolute atomic E-state index is 12.3. The predicted molar refractivity (Wildman–Crippen MR) is 94.0 cm³/mol. The molecule has 24 heavy (non-hydrogen) atoms. The van der Waals surface area contributed by atoms with E-state index in [1.807, 2.05) is 13.0 Å². The van der Waals surface area contributed by atoms with Gasteiger partial charge in [0, 0.05) is 23.3 Å². The highest BCUT2D eigenvalue weighted by Gasteiger charge is 2.23. The molecule has 0 spiro atoms. The molecule has 7 nitrogen and oxygen atoms in total. The molecule has 0 aliphatic heterocycles. The molecule has 1 heterocycles. The minimum absolute atomic E-state index is 0.239. The molecule has 130 valence electrons. The first kappa shape index (κ1) is 18.6. The normalized spacial score (nSPS) is 11.7. The predicted octanol–water partition coefficient (Wildman–Crippen LogP) is 2.45. The molecule has 2 rings (SSSR count). The van der Waals surface area contributed by atoms with Gasteiger partial charge in [0.05, 0.1) is 12.2 Å². The van der Waals surface area contributed by atoms with Gasteiger partial charge in [0.25, 0.3) is 0 Å². The number of nitrogens with zero attached hydrogens (tertiary/aromatic N) is 2. The lowest BCUT2D eigenvalue weighted by Gasteiger charge is -2.16. The number of aromatic nitrogens is 1. The summed E-state index contributed by atoms with van der Waals surface area (Å²) in [5.41, 5.74) is 2.12. The number of amides is 1. The average molecular weight is 416 g/mol. The Morgan fingerprint density at radius 1 is 1.33 bits per heavy atom. The van der Waals surface area contributed by atoms with Gasteiger partial charge in [-0.3, -0.25) is 4.79 Å². The van der Waals surface area contributed by atoms with Crippen molar-refractivity contribution in [2.75, 3.05) is 18.9 Å². The minimum Gasteiger partial charge on any atom is -0.360 e. The van der Waals surface area contributed by atoms with E-state index in [4.69, 9.17) is 4.52 Å². The van der Waals surface area contributed by atoms with Crippen LogP contribution in [0, 0.1) is 13.8 Å². The van der Waals surface area contributed by atoms with Crippen LogP contribution in [0.4, 0.5) is 5.69 Å². The van der Waals surface area contributed by atoms with Crippen molar-refractivity contribution < 1.29 is 17.7 Å². The van der Waals surface area contributed by atoms with Crippen molar-refractivity contribution in [1.29, 1.82) is 0 Å². The third-order valence-corrected chi connectivity index (χ3v) is 5.53. The van der Waals surface area contributed by atoms with Crippen LogP contribution in [0.15, 0.2) is 33.3 Å². The summed E-state index contributed by atoms with van der Waals surface area (Å²) in [4.78, 5) is 12.1. The maximum Gasteiger partial charge on any atom is 0.239 e. The second kappa shape index (κ2) is 7.45. The number of anilines is 1. The Balaban J connectivity index is 1.99. The summed E-state index contributed by atoms with van der Waals surface area (Å²) in [5.74, 6) is -0.515. The van der Waals surface area contributed by atoms with Gasteiger partial charge in [-0.25, -0.2) is 8.42 Å². The lowest BCUT2D eigenvalue weighted by atomic mass is 10.2. The number of carbonyl (C=O) groups is 1. The lowest BCUT2D eigenvalue weighted by Crippen LogP contribution is -2.35. The summed E-state index contributed by atoms with van der Waals surface area (Å²) in [6, 6.07) is 6.97. The average Bonchev–Trinajstić information content (AvgIpc) is 2.86. The molecule has 1 aromatic heterocycles. The van der Waals surface area contributed by atoms with Gasteiger partial charge in [-0.2, -0.15) is 4.31 Å². The Bertz CT molecular complexity index is 848. The number of rotatable bonds is 6. The molecule has 0 atom stereocenters. The zero-order chi connectivity index (χ0) is 17.9. The number of aryl methyl sites for hydroxylation is 2. The fourth-order valence-electron chi connectivity index (χ4n) is 2.03. The number of likely N-dealkylation sites (N-methyl/N-ethyl adjacent to an activating group) is 1. The quantitative estimate of drug-likeness (QED) is 0.781. The molecule has 1 aromatic carbocycles. The molecule has 0 unspecified atom stereocenters. The fourth-order valence-corrected chi connectivity index (χ4v) is 3.54. The molecular weight excluding hydrogens is 398 g/mol. The molecule has 0 fully saturated rings. The second-order valence-electron chi connectivity index (χ2n) is 5.45. The summed E-state index contributed by atoms with van der Waals surface area (Å²) in [6.07, 6.45) is 0. The Morgan fingerprint density at radius 2 is 2.04 bits per heavy atom. The van der Waals surface area contributed by atoms with Gasteiger partial charge in [0.2, 0.25) is 15.9 Å². The third kappa shape index (κ3) is 4.89. The van der Waals surface area contributed by atoms with Crippen molar-refractivity contribution >= 4 is 37.5 Å². The standard InChI is InChI=1S/C15H18BrN3O4S/c1-10-6-12(16)4-5-14(10)17-15(20)8-19(3)24(21,22)9-13-7-11(2)18-23-13/h4-7H,8-9H2,1-3H3,(H,17,20).